The summed E-state index contributed by atoms with van der Waals surface area (Å²) in [6.45, 7) is 0.296. The Labute approximate surface area is 144 Å². The van der Waals surface area contributed by atoms with Crippen LogP contribution in [0, 0.1) is 0 Å². The Balaban J connectivity index is 1.60. The highest BCUT2D eigenvalue weighted by Crippen LogP contribution is 2.34. The van der Waals surface area contributed by atoms with Gasteiger partial charge in [0.2, 0.25) is 5.91 Å². The number of pyridine rings is 1. The molecule has 0 spiro atoms. The summed E-state index contributed by atoms with van der Waals surface area (Å²) < 4.78 is 5.35. The second-order valence-electron chi connectivity index (χ2n) is 5.30. The van der Waals surface area contributed by atoms with E-state index < -0.39 is 0 Å². The lowest BCUT2D eigenvalue weighted by molar-refractivity contribution is -0.125. The molecule has 0 bridgehead atoms. The molecule has 2 amide bonds. The molecule has 2 aromatic rings. The maximum absolute atomic E-state index is 12.1. The molecule has 0 unspecified atom stereocenters. The number of amides is 2. The third-order valence-electron chi connectivity index (χ3n) is 3.60. The van der Waals surface area contributed by atoms with E-state index in [4.69, 9.17) is 16.3 Å². The molecular weight excluding hydrogens is 330 g/mol. The summed E-state index contributed by atoms with van der Waals surface area (Å²) in [6, 6.07) is 10.6. The maximum atomic E-state index is 12.1. The lowest BCUT2D eigenvalue weighted by atomic mass is 10.2. The lowest BCUT2D eigenvalue weighted by Crippen LogP contribution is -2.45. The molecule has 2 heterocycles. The monoisotopic (exact) mass is 345 g/mol. The van der Waals surface area contributed by atoms with E-state index in [0.717, 1.165) is 5.69 Å². The number of hydrogen-bond donors (Lipinski definition) is 1. The predicted molar refractivity (Wildman–Crippen MR) is 90.3 cm³/mol. The van der Waals surface area contributed by atoms with Crippen LogP contribution in [0.3, 0.4) is 0 Å². The first kappa shape index (κ1) is 16.3. The van der Waals surface area contributed by atoms with Gasteiger partial charge in [-0.25, -0.2) is 0 Å². The Kier molecular flexibility index (Phi) is 4.96. The van der Waals surface area contributed by atoms with Crippen molar-refractivity contribution in [3.63, 3.8) is 0 Å². The topological polar surface area (TPSA) is 71.5 Å². The number of hydrogen-bond acceptors (Lipinski definition) is 4. The van der Waals surface area contributed by atoms with Gasteiger partial charge in [-0.15, -0.1) is 0 Å². The van der Waals surface area contributed by atoms with Crippen LogP contribution in [0.25, 0.3) is 0 Å². The van der Waals surface area contributed by atoms with Gasteiger partial charge in [0.05, 0.1) is 5.69 Å². The van der Waals surface area contributed by atoms with Crippen LogP contribution in [0.5, 0.6) is 5.75 Å². The van der Waals surface area contributed by atoms with Crippen LogP contribution in [-0.4, -0.2) is 36.5 Å². The van der Waals surface area contributed by atoms with E-state index in [1.165, 1.54) is 4.90 Å². The molecule has 1 N–H and O–H groups in total. The van der Waals surface area contributed by atoms with Crippen molar-refractivity contribution in [1.29, 1.82) is 0 Å². The number of rotatable bonds is 5. The highest BCUT2D eigenvalue weighted by Gasteiger charge is 2.27. The first-order chi connectivity index (χ1) is 11.6. The van der Waals surface area contributed by atoms with Crippen molar-refractivity contribution in [1.82, 2.24) is 10.3 Å². The smallest absolute Gasteiger partial charge is 0.265 e. The summed E-state index contributed by atoms with van der Waals surface area (Å²) in [4.78, 5) is 29.8. The van der Waals surface area contributed by atoms with Crippen molar-refractivity contribution in [3.05, 3.63) is 53.3 Å². The molecule has 3 rings (SSSR count). The van der Waals surface area contributed by atoms with E-state index in [-0.39, 0.29) is 25.0 Å². The molecule has 1 aliphatic rings. The number of aromatic nitrogens is 1. The fourth-order valence-corrected chi connectivity index (χ4v) is 2.59. The molecule has 1 aromatic heterocycles. The molecule has 0 fully saturated rings. The average Bonchev–Trinajstić information content (AvgIpc) is 2.58. The Morgan fingerprint density at radius 2 is 2.21 bits per heavy atom. The molecule has 124 valence electrons. The van der Waals surface area contributed by atoms with Gasteiger partial charge in [0, 0.05) is 29.9 Å². The number of carbonyl (C=O) groups is 2. The van der Waals surface area contributed by atoms with Crippen LogP contribution in [0.1, 0.15) is 5.69 Å². The third-order valence-corrected chi connectivity index (χ3v) is 3.83. The zero-order valence-electron chi connectivity index (χ0n) is 12.9. The van der Waals surface area contributed by atoms with E-state index in [0.29, 0.717) is 29.4 Å². The maximum Gasteiger partial charge on any atom is 0.265 e. The van der Waals surface area contributed by atoms with Crippen LogP contribution in [0.4, 0.5) is 5.69 Å². The zero-order valence-corrected chi connectivity index (χ0v) is 13.6. The predicted octanol–water partition coefficient (Wildman–Crippen LogP) is 1.82. The fourth-order valence-electron chi connectivity index (χ4n) is 2.42. The summed E-state index contributed by atoms with van der Waals surface area (Å²) in [5, 5.41) is 3.28. The van der Waals surface area contributed by atoms with Gasteiger partial charge in [-0.2, -0.15) is 0 Å². The Bertz CT molecular complexity index is 752. The lowest BCUT2D eigenvalue weighted by Gasteiger charge is -2.29. The van der Waals surface area contributed by atoms with Crippen LogP contribution in [0.2, 0.25) is 5.02 Å². The van der Waals surface area contributed by atoms with Gasteiger partial charge in [-0.3, -0.25) is 19.5 Å². The van der Waals surface area contributed by atoms with Gasteiger partial charge in [-0.05, 0) is 30.3 Å². The van der Waals surface area contributed by atoms with Crippen molar-refractivity contribution < 1.29 is 14.3 Å². The van der Waals surface area contributed by atoms with Crippen LogP contribution >= 0.6 is 11.6 Å². The standard InChI is InChI=1S/C17H16ClN3O3/c18-12-4-5-15-14(9-12)21(17(23)11-24-15)10-16(22)20-8-6-13-3-1-2-7-19-13/h1-5,7,9H,6,8,10-11H2,(H,20,22). The van der Waals surface area contributed by atoms with Gasteiger partial charge in [0.15, 0.2) is 6.61 Å². The third kappa shape index (κ3) is 3.83. The second-order valence-corrected chi connectivity index (χ2v) is 5.74. The molecule has 0 saturated heterocycles. The minimum absolute atomic E-state index is 0.0717. The van der Waals surface area contributed by atoms with Crippen molar-refractivity contribution in [2.24, 2.45) is 0 Å². The SMILES string of the molecule is O=C(CN1C(=O)COc2ccc(Cl)cc21)NCCc1ccccn1. The number of carbonyl (C=O) groups excluding carboxylic acids is 2. The van der Waals surface area contributed by atoms with E-state index in [2.05, 4.69) is 10.3 Å². The molecule has 1 aromatic carbocycles. The number of ether oxygens (including phenoxy) is 1. The van der Waals surface area contributed by atoms with E-state index >= 15 is 0 Å². The molecule has 7 heteroatoms. The van der Waals surface area contributed by atoms with E-state index in [9.17, 15) is 9.59 Å². The average molecular weight is 346 g/mol. The first-order valence-corrected chi connectivity index (χ1v) is 7.90. The number of fused-ring (bicyclic) bond motifs is 1. The van der Waals surface area contributed by atoms with Gasteiger partial charge >= 0.3 is 0 Å². The molecule has 0 atom stereocenters. The highest BCUT2D eigenvalue weighted by atomic mass is 35.5. The van der Waals surface area contributed by atoms with Crippen molar-refractivity contribution in [3.8, 4) is 5.75 Å². The molecule has 0 radical (unpaired) electrons. The van der Waals surface area contributed by atoms with Crippen molar-refractivity contribution in [2.45, 2.75) is 6.42 Å². The molecule has 6 nitrogen and oxygen atoms in total. The van der Waals surface area contributed by atoms with Crippen LogP contribution < -0.4 is 15.0 Å². The number of halogens is 1. The summed E-state index contributed by atoms with van der Waals surface area (Å²) in [5.41, 5.74) is 1.41. The minimum atomic E-state index is -0.273. The summed E-state index contributed by atoms with van der Waals surface area (Å²) in [5.74, 6) is 0.0250. The van der Waals surface area contributed by atoms with Gasteiger partial charge in [-0.1, -0.05) is 17.7 Å². The zero-order chi connectivity index (χ0) is 16.9. The number of nitrogens with zero attached hydrogens (tertiary/aromatic N) is 2. The number of nitrogens with one attached hydrogen (secondary N) is 1. The minimum Gasteiger partial charge on any atom is -0.482 e. The summed E-state index contributed by atoms with van der Waals surface area (Å²) in [6.07, 6.45) is 2.34. The second kappa shape index (κ2) is 7.31. The van der Waals surface area contributed by atoms with Crippen LogP contribution in [-0.2, 0) is 16.0 Å². The summed E-state index contributed by atoms with van der Waals surface area (Å²) in [7, 11) is 0. The molecule has 24 heavy (non-hydrogen) atoms. The van der Waals surface area contributed by atoms with Crippen molar-refractivity contribution in [2.75, 3.05) is 24.6 Å². The Morgan fingerprint density at radius 1 is 1.33 bits per heavy atom. The highest BCUT2D eigenvalue weighted by molar-refractivity contribution is 6.31. The van der Waals surface area contributed by atoms with E-state index in [1.54, 1.807) is 24.4 Å². The first-order valence-electron chi connectivity index (χ1n) is 7.53. The van der Waals surface area contributed by atoms with Gasteiger partial charge in [0.25, 0.3) is 5.91 Å². The number of benzene rings is 1. The summed E-state index contributed by atoms with van der Waals surface area (Å²) >= 11 is 5.98. The molecule has 0 saturated carbocycles. The largest absolute Gasteiger partial charge is 0.482 e. The molecular formula is C17H16ClN3O3. The van der Waals surface area contributed by atoms with Gasteiger partial charge in [0.1, 0.15) is 12.3 Å². The normalized spacial score (nSPS) is 13.2. The number of anilines is 1. The van der Waals surface area contributed by atoms with Crippen molar-refractivity contribution >= 4 is 29.1 Å². The molecule has 0 aliphatic carbocycles. The van der Waals surface area contributed by atoms with Crippen LogP contribution in [0.15, 0.2) is 42.6 Å². The fraction of sp³-hybridized carbons (Fsp3) is 0.235. The van der Waals surface area contributed by atoms with E-state index in [1.807, 2.05) is 18.2 Å². The Morgan fingerprint density at radius 3 is 3.00 bits per heavy atom. The Hall–Kier alpha value is -2.60. The van der Waals surface area contributed by atoms with Gasteiger partial charge < -0.3 is 10.1 Å². The quantitative estimate of drug-likeness (QED) is 0.897. The molecule has 1 aliphatic heterocycles.